The van der Waals surface area contributed by atoms with E-state index in [1.54, 1.807) is 7.11 Å². The SMILES string of the molecule is COCCOCCOCCOCCOC1CCCCC/C=C\1Br. The van der Waals surface area contributed by atoms with Crippen molar-refractivity contribution < 1.29 is 23.7 Å². The zero-order chi connectivity index (χ0) is 16.6. The van der Waals surface area contributed by atoms with Gasteiger partial charge in [0.2, 0.25) is 0 Å². The molecule has 0 aromatic rings. The van der Waals surface area contributed by atoms with E-state index < -0.39 is 0 Å². The fourth-order valence-electron chi connectivity index (χ4n) is 2.26. The van der Waals surface area contributed by atoms with Gasteiger partial charge >= 0.3 is 0 Å². The van der Waals surface area contributed by atoms with E-state index in [2.05, 4.69) is 22.0 Å². The third-order valence-corrected chi connectivity index (χ3v) is 4.37. The fourth-order valence-corrected chi connectivity index (χ4v) is 2.85. The number of rotatable bonds is 13. The largest absolute Gasteiger partial charge is 0.382 e. The van der Waals surface area contributed by atoms with Crippen molar-refractivity contribution in [2.45, 2.75) is 38.2 Å². The van der Waals surface area contributed by atoms with Crippen molar-refractivity contribution in [1.29, 1.82) is 0 Å². The molecule has 1 aliphatic carbocycles. The predicted molar refractivity (Wildman–Crippen MR) is 94.2 cm³/mol. The molecule has 0 saturated carbocycles. The molecule has 0 fully saturated rings. The Morgan fingerprint density at radius 3 is 2.13 bits per heavy atom. The molecular weight excluding hydrogens is 364 g/mol. The van der Waals surface area contributed by atoms with Gasteiger partial charge in [-0.3, -0.25) is 0 Å². The van der Waals surface area contributed by atoms with Gasteiger partial charge in [-0.1, -0.05) is 34.8 Å². The molecule has 0 bridgehead atoms. The van der Waals surface area contributed by atoms with Crippen molar-refractivity contribution >= 4 is 15.9 Å². The predicted octanol–water partition coefficient (Wildman–Crippen LogP) is 3.31. The average Bonchev–Trinajstić information content (AvgIpc) is 2.54. The molecule has 0 aromatic heterocycles. The summed E-state index contributed by atoms with van der Waals surface area (Å²) in [6.45, 7) is 4.80. The number of halogens is 1. The van der Waals surface area contributed by atoms with Gasteiger partial charge in [-0.25, -0.2) is 0 Å². The van der Waals surface area contributed by atoms with Gasteiger partial charge in [0.05, 0.1) is 59.0 Å². The second kappa shape index (κ2) is 15.5. The molecule has 0 heterocycles. The second-order valence-electron chi connectivity index (χ2n) is 5.42. The van der Waals surface area contributed by atoms with Crippen LogP contribution in [-0.2, 0) is 23.7 Å². The third kappa shape index (κ3) is 12.1. The van der Waals surface area contributed by atoms with Crippen molar-refractivity contribution in [2.24, 2.45) is 0 Å². The summed E-state index contributed by atoms with van der Waals surface area (Å²) in [6, 6.07) is 0. The Balaban J connectivity index is 1.88. The van der Waals surface area contributed by atoms with E-state index in [-0.39, 0.29) is 6.10 Å². The highest BCUT2D eigenvalue weighted by Gasteiger charge is 2.14. The lowest BCUT2D eigenvalue weighted by Gasteiger charge is -2.19. The van der Waals surface area contributed by atoms with Crippen LogP contribution >= 0.6 is 15.9 Å². The van der Waals surface area contributed by atoms with E-state index in [1.807, 2.05) is 0 Å². The van der Waals surface area contributed by atoms with Gasteiger partial charge in [-0.2, -0.15) is 0 Å². The summed E-state index contributed by atoms with van der Waals surface area (Å²) < 4.78 is 28.2. The van der Waals surface area contributed by atoms with Crippen molar-refractivity contribution in [3.8, 4) is 0 Å². The van der Waals surface area contributed by atoms with E-state index in [9.17, 15) is 0 Å². The van der Waals surface area contributed by atoms with Crippen LogP contribution in [-0.4, -0.2) is 66.1 Å². The molecule has 1 rings (SSSR count). The summed E-state index contributed by atoms with van der Waals surface area (Å²) in [7, 11) is 1.66. The maximum Gasteiger partial charge on any atom is 0.0887 e. The maximum absolute atomic E-state index is 5.90. The molecule has 1 unspecified atom stereocenters. The smallest absolute Gasteiger partial charge is 0.0887 e. The summed E-state index contributed by atoms with van der Waals surface area (Å²) in [5.41, 5.74) is 0. The standard InChI is InChI=1S/C17H31BrO5/c1-19-8-9-20-10-11-21-12-13-22-14-15-23-17-7-5-3-2-4-6-16(17)18/h6,17H,2-5,7-15H2,1H3/b16-6+. The highest BCUT2D eigenvalue weighted by molar-refractivity contribution is 9.11. The molecule has 0 saturated heterocycles. The Kier molecular flexibility index (Phi) is 14.2. The Morgan fingerprint density at radius 2 is 1.48 bits per heavy atom. The first-order valence-electron chi connectivity index (χ1n) is 8.54. The van der Waals surface area contributed by atoms with Crippen molar-refractivity contribution in [2.75, 3.05) is 60.0 Å². The Hall–Kier alpha value is 0.0200. The number of allylic oxidation sites excluding steroid dienone is 1. The topological polar surface area (TPSA) is 46.2 Å². The van der Waals surface area contributed by atoms with Gasteiger partial charge in [0, 0.05) is 11.6 Å². The molecule has 5 nitrogen and oxygen atoms in total. The molecule has 6 heteroatoms. The van der Waals surface area contributed by atoms with E-state index in [0.29, 0.717) is 52.9 Å². The van der Waals surface area contributed by atoms with Crippen LogP contribution in [0.25, 0.3) is 0 Å². The minimum atomic E-state index is 0.194. The van der Waals surface area contributed by atoms with Crippen LogP contribution in [0.15, 0.2) is 10.6 Å². The number of methoxy groups -OCH3 is 1. The Morgan fingerprint density at radius 1 is 0.870 bits per heavy atom. The number of hydrogen-bond acceptors (Lipinski definition) is 5. The van der Waals surface area contributed by atoms with E-state index in [1.165, 1.54) is 23.7 Å². The molecule has 1 aliphatic rings. The number of hydrogen-bond donors (Lipinski definition) is 0. The van der Waals surface area contributed by atoms with Gasteiger partial charge in [-0.15, -0.1) is 0 Å². The van der Waals surface area contributed by atoms with Crippen LogP contribution in [0.4, 0.5) is 0 Å². The summed E-state index contributed by atoms with van der Waals surface area (Å²) in [5, 5.41) is 0. The molecule has 23 heavy (non-hydrogen) atoms. The second-order valence-corrected chi connectivity index (χ2v) is 6.33. The minimum Gasteiger partial charge on any atom is -0.382 e. The highest BCUT2D eigenvalue weighted by Crippen LogP contribution is 2.24. The Labute approximate surface area is 148 Å². The molecule has 136 valence electrons. The normalized spacial score (nSPS) is 21.5. The average molecular weight is 395 g/mol. The van der Waals surface area contributed by atoms with Crippen molar-refractivity contribution in [3.63, 3.8) is 0 Å². The monoisotopic (exact) mass is 394 g/mol. The van der Waals surface area contributed by atoms with E-state index in [0.717, 1.165) is 12.8 Å². The van der Waals surface area contributed by atoms with Crippen LogP contribution in [0.1, 0.15) is 32.1 Å². The Bertz CT molecular complexity index is 299. The summed E-state index contributed by atoms with van der Waals surface area (Å²) in [5.74, 6) is 0. The van der Waals surface area contributed by atoms with Crippen LogP contribution in [0.3, 0.4) is 0 Å². The summed E-state index contributed by atoms with van der Waals surface area (Å²) in [4.78, 5) is 0. The lowest BCUT2D eigenvalue weighted by Crippen LogP contribution is -2.18. The first-order valence-corrected chi connectivity index (χ1v) is 9.33. The van der Waals surface area contributed by atoms with E-state index >= 15 is 0 Å². The lowest BCUT2D eigenvalue weighted by atomic mass is 10.0. The fraction of sp³-hybridized carbons (Fsp3) is 0.882. The van der Waals surface area contributed by atoms with Crippen LogP contribution in [0.5, 0.6) is 0 Å². The van der Waals surface area contributed by atoms with Crippen LogP contribution < -0.4 is 0 Å². The van der Waals surface area contributed by atoms with Gasteiger partial charge < -0.3 is 23.7 Å². The van der Waals surface area contributed by atoms with E-state index in [4.69, 9.17) is 23.7 Å². The van der Waals surface area contributed by atoms with Gasteiger partial charge in [0.15, 0.2) is 0 Å². The quantitative estimate of drug-likeness (QED) is 0.448. The van der Waals surface area contributed by atoms with Gasteiger partial charge in [-0.05, 0) is 19.3 Å². The van der Waals surface area contributed by atoms with Gasteiger partial charge in [0.25, 0.3) is 0 Å². The molecule has 0 aliphatic heterocycles. The van der Waals surface area contributed by atoms with Crippen molar-refractivity contribution in [3.05, 3.63) is 10.6 Å². The first kappa shape index (κ1) is 21.1. The molecule has 0 aromatic carbocycles. The summed E-state index contributed by atoms with van der Waals surface area (Å²) >= 11 is 3.63. The van der Waals surface area contributed by atoms with Crippen LogP contribution in [0.2, 0.25) is 0 Å². The molecule has 0 spiro atoms. The van der Waals surface area contributed by atoms with Crippen LogP contribution in [0, 0.1) is 0 Å². The zero-order valence-electron chi connectivity index (χ0n) is 14.3. The maximum atomic E-state index is 5.90. The minimum absolute atomic E-state index is 0.194. The molecule has 0 radical (unpaired) electrons. The number of ether oxygens (including phenoxy) is 5. The first-order chi connectivity index (χ1) is 11.3. The van der Waals surface area contributed by atoms with Crippen molar-refractivity contribution in [1.82, 2.24) is 0 Å². The van der Waals surface area contributed by atoms with Gasteiger partial charge in [0.1, 0.15) is 0 Å². The zero-order valence-corrected chi connectivity index (χ0v) is 15.9. The molecule has 1 atom stereocenters. The molecule has 0 amide bonds. The summed E-state index contributed by atoms with van der Waals surface area (Å²) in [6.07, 6.45) is 8.47. The molecule has 0 N–H and O–H groups in total. The highest BCUT2D eigenvalue weighted by atomic mass is 79.9. The molecular formula is C17H31BrO5. The third-order valence-electron chi connectivity index (χ3n) is 3.54. The lowest BCUT2D eigenvalue weighted by molar-refractivity contribution is -0.0158.